The lowest BCUT2D eigenvalue weighted by molar-refractivity contribution is 1.13. The van der Waals surface area contributed by atoms with Gasteiger partial charge in [0.25, 0.3) is 0 Å². The minimum absolute atomic E-state index is 1.13. The smallest absolute Gasteiger partial charge is 0.0462 e. The highest BCUT2D eigenvalue weighted by Crippen LogP contribution is 2.54. The first-order valence-corrected chi connectivity index (χ1v) is 38.9. The molecule has 0 radical (unpaired) electrons. The van der Waals surface area contributed by atoms with Crippen LogP contribution in [-0.2, 0) is 0 Å². The van der Waals surface area contributed by atoms with E-state index in [0.29, 0.717) is 0 Å². The molecular weight excluding hydrogens is 1360 g/mol. The van der Waals surface area contributed by atoms with Crippen LogP contribution < -0.4 is 19.6 Å². The molecule has 0 fully saturated rings. The van der Waals surface area contributed by atoms with Gasteiger partial charge in [0.15, 0.2) is 0 Å². The SMILES string of the molecule is Cc1cc2c(cc1-c1ccc(N(c3ccccc3)c3ccccc3)cc1)Sc1cc(C)c(-c3ccc(N(c4ccccc4)c4ccccc4)cc3)cc1S2.c1ccc(N(c2ccccc2)c2ccc(-c3ccc4c(c3)Sc3ccc(-c5ccc(N(c6ccccc6)c6ccccc6)cc5)cc3S4)cc2)cc1. The monoisotopic (exact) mass is 1430 g/mol. The van der Waals surface area contributed by atoms with E-state index in [-0.39, 0.29) is 0 Å². The van der Waals surface area contributed by atoms with Gasteiger partial charge < -0.3 is 19.6 Å². The van der Waals surface area contributed by atoms with Gasteiger partial charge >= 0.3 is 0 Å². The van der Waals surface area contributed by atoms with Crippen LogP contribution in [0.15, 0.2) is 440 Å². The molecule has 4 nitrogen and oxygen atoms in total. The first kappa shape index (κ1) is 67.3. The standard InChI is InChI=1S/C50H38N2S2.C48H34N2S2/c1-35-31-47-49(33-45(35)37-23-27-43(28-24-37)51(39-15-7-3-8-16-39)40-17-9-4-10-18-40)54-48-32-36(2)46(34-50(48)53-47)38-25-29-44(30-26-38)52(41-19-11-5-12-20-41)42-21-13-6-14-22-42;1-5-13-39(14-6-1)49(40-15-7-2-8-16-40)43-27-21-35(22-28-43)37-25-31-45-47(33-37)51-46-32-26-38(34-48(46)52-45)36-23-29-44(30-24-36)50(41-17-9-3-10-18-41)42-19-11-4-12-20-42/h3-34H,1-2H3;1-34H. The van der Waals surface area contributed by atoms with Crippen molar-refractivity contribution in [2.75, 3.05) is 19.6 Å². The maximum atomic E-state index is 2.39. The maximum absolute atomic E-state index is 2.39. The molecule has 0 aromatic heterocycles. The first-order chi connectivity index (χ1) is 52.3. The molecule has 106 heavy (non-hydrogen) atoms. The molecule has 0 saturated heterocycles. The molecule has 0 N–H and O–H groups in total. The fraction of sp³-hybridized carbons (Fsp3) is 0.0204. The van der Waals surface area contributed by atoms with Gasteiger partial charge in [-0.15, -0.1) is 0 Å². The van der Waals surface area contributed by atoms with Gasteiger partial charge in [-0.25, -0.2) is 0 Å². The van der Waals surface area contributed by atoms with Crippen LogP contribution in [0.2, 0.25) is 0 Å². The molecule has 16 aromatic rings. The van der Waals surface area contributed by atoms with Gasteiger partial charge in [0.2, 0.25) is 0 Å². The number of fused-ring (bicyclic) bond motifs is 4. The lowest BCUT2D eigenvalue weighted by Crippen LogP contribution is -2.09. The van der Waals surface area contributed by atoms with E-state index in [9.17, 15) is 0 Å². The van der Waals surface area contributed by atoms with Crippen LogP contribution >= 0.6 is 47.0 Å². The molecule has 16 aromatic carbocycles. The van der Waals surface area contributed by atoms with Crippen LogP contribution in [0.3, 0.4) is 0 Å². The second-order valence-electron chi connectivity index (χ2n) is 26.2. The average molecular weight is 1430 g/mol. The van der Waals surface area contributed by atoms with E-state index in [1.165, 1.54) is 94.8 Å². The number of hydrogen-bond donors (Lipinski definition) is 0. The summed E-state index contributed by atoms with van der Waals surface area (Å²) in [5, 5.41) is 0. The number of benzene rings is 16. The minimum atomic E-state index is 1.13. The summed E-state index contributed by atoms with van der Waals surface area (Å²) in [4.78, 5) is 19.7. The highest BCUT2D eigenvalue weighted by atomic mass is 32.2. The van der Waals surface area contributed by atoms with E-state index in [0.717, 1.165) is 68.2 Å². The zero-order valence-corrected chi connectivity index (χ0v) is 61.8. The Labute approximate surface area is 639 Å². The van der Waals surface area contributed by atoms with Gasteiger partial charge in [-0.1, -0.05) is 253 Å². The predicted molar refractivity (Wildman–Crippen MR) is 452 cm³/mol. The second kappa shape index (κ2) is 30.8. The van der Waals surface area contributed by atoms with E-state index < -0.39 is 0 Å². The average Bonchev–Trinajstić information content (AvgIpc) is 0.754. The Morgan fingerprint density at radius 2 is 0.330 bits per heavy atom. The predicted octanol–water partition coefficient (Wildman–Crippen LogP) is 29.8. The summed E-state index contributed by atoms with van der Waals surface area (Å²) in [6.45, 7) is 4.47. The second-order valence-corrected chi connectivity index (χ2v) is 30.5. The normalized spacial score (nSPS) is 11.7. The zero-order chi connectivity index (χ0) is 71.1. The number of anilines is 12. The number of nitrogens with zero attached hydrogens (tertiary/aromatic N) is 4. The Bertz CT molecular complexity index is 5170. The summed E-state index contributed by atoms with van der Waals surface area (Å²) in [6, 6.07) is 144. The van der Waals surface area contributed by atoms with E-state index in [1.807, 2.05) is 47.0 Å². The molecule has 0 spiro atoms. The Morgan fingerprint density at radius 1 is 0.151 bits per heavy atom. The van der Waals surface area contributed by atoms with Crippen molar-refractivity contribution in [1.29, 1.82) is 0 Å². The highest BCUT2D eigenvalue weighted by molar-refractivity contribution is 8.05. The first-order valence-electron chi connectivity index (χ1n) is 35.7. The molecule has 0 aliphatic carbocycles. The van der Waals surface area contributed by atoms with Crippen molar-refractivity contribution in [2.24, 2.45) is 0 Å². The number of rotatable bonds is 16. The van der Waals surface area contributed by atoms with Crippen molar-refractivity contribution < 1.29 is 0 Å². The van der Waals surface area contributed by atoms with Crippen LogP contribution in [0, 0.1) is 13.8 Å². The van der Waals surface area contributed by atoms with Gasteiger partial charge in [-0.2, -0.15) is 0 Å². The molecule has 0 unspecified atom stereocenters. The van der Waals surface area contributed by atoms with E-state index in [1.54, 1.807) is 0 Å². The summed E-state index contributed by atoms with van der Waals surface area (Å²) in [6.07, 6.45) is 0. The van der Waals surface area contributed by atoms with Gasteiger partial charge in [0, 0.05) is 107 Å². The Balaban J connectivity index is 0.000000156. The van der Waals surface area contributed by atoms with Crippen LogP contribution in [0.1, 0.15) is 11.1 Å². The zero-order valence-electron chi connectivity index (χ0n) is 58.5. The quantitative estimate of drug-likeness (QED) is 0.0937. The number of hydrogen-bond acceptors (Lipinski definition) is 8. The van der Waals surface area contributed by atoms with Crippen molar-refractivity contribution in [3.05, 3.63) is 412 Å². The number of aryl methyl sites for hydroxylation is 2. The molecule has 18 rings (SSSR count). The van der Waals surface area contributed by atoms with Crippen molar-refractivity contribution in [1.82, 2.24) is 0 Å². The van der Waals surface area contributed by atoms with Gasteiger partial charge in [-0.3, -0.25) is 0 Å². The lowest BCUT2D eigenvalue weighted by Gasteiger charge is -2.26. The van der Waals surface area contributed by atoms with E-state index in [2.05, 4.69) is 434 Å². The third kappa shape index (κ3) is 14.4. The molecule has 2 aliphatic heterocycles. The van der Waals surface area contributed by atoms with Crippen LogP contribution in [0.5, 0.6) is 0 Å². The Kier molecular flexibility index (Phi) is 19.6. The Morgan fingerprint density at radius 3 is 0.566 bits per heavy atom. The van der Waals surface area contributed by atoms with E-state index >= 15 is 0 Å². The van der Waals surface area contributed by atoms with Crippen LogP contribution in [-0.4, -0.2) is 0 Å². The Hall–Kier alpha value is -11.9. The lowest BCUT2D eigenvalue weighted by atomic mass is 10.00. The molecule has 8 heteroatoms. The fourth-order valence-electron chi connectivity index (χ4n) is 14.0. The summed E-state index contributed by atoms with van der Waals surface area (Å²) in [7, 11) is 0. The highest BCUT2D eigenvalue weighted by Gasteiger charge is 2.25. The van der Waals surface area contributed by atoms with Crippen LogP contribution in [0.25, 0.3) is 44.5 Å². The molecular formula is C98H72N4S4. The van der Waals surface area contributed by atoms with Crippen molar-refractivity contribution in [2.45, 2.75) is 53.0 Å². The fourth-order valence-corrected chi connectivity index (χ4v) is 18.7. The maximum Gasteiger partial charge on any atom is 0.0462 e. The molecule has 0 amide bonds. The third-order valence-electron chi connectivity index (χ3n) is 19.3. The third-order valence-corrected chi connectivity index (χ3v) is 24.3. The molecule has 0 atom stereocenters. The summed E-state index contributed by atoms with van der Waals surface area (Å²) >= 11 is 7.50. The van der Waals surface area contributed by atoms with Crippen molar-refractivity contribution in [3.8, 4) is 44.5 Å². The molecule has 2 heterocycles. The van der Waals surface area contributed by atoms with Crippen molar-refractivity contribution in [3.63, 3.8) is 0 Å². The van der Waals surface area contributed by atoms with Crippen molar-refractivity contribution >= 4 is 115 Å². The van der Waals surface area contributed by atoms with Gasteiger partial charge in [0.05, 0.1) is 0 Å². The van der Waals surface area contributed by atoms with Gasteiger partial charge in [0.1, 0.15) is 0 Å². The summed E-state index contributed by atoms with van der Waals surface area (Å²) in [5.41, 5.74) is 26.1. The summed E-state index contributed by atoms with van der Waals surface area (Å²) < 4.78 is 0. The molecule has 0 bridgehead atoms. The minimum Gasteiger partial charge on any atom is -0.311 e. The van der Waals surface area contributed by atoms with E-state index in [4.69, 9.17) is 0 Å². The molecule has 2 aliphatic rings. The topological polar surface area (TPSA) is 13.0 Å². The van der Waals surface area contributed by atoms with Gasteiger partial charge in [-0.05, 0) is 264 Å². The molecule has 0 saturated carbocycles. The molecule has 508 valence electrons. The summed E-state index contributed by atoms with van der Waals surface area (Å²) in [5.74, 6) is 0. The van der Waals surface area contributed by atoms with Crippen LogP contribution in [0.4, 0.5) is 68.2 Å². The number of para-hydroxylation sites is 8. The largest absolute Gasteiger partial charge is 0.311 e.